The molecule has 0 fully saturated rings. The number of aromatic nitrogens is 1. The molecule has 2 aromatic rings. The Balaban J connectivity index is 2.32. The van der Waals surface area contributed by atoms with Crippen molar-refractivity contribution >= 4 is 27.5 Å². The molecular formula is C13H12BrClN2O2. The Hall–Kier alpha value is -1.30. The normalized spacial score (nSPS) is 10.3. The summed E-state index contributed by atoms with van der Waals surface area (Å²) < 4.78 is 11.7. The molecule has 100 valence electrons. The van der Waals surface area contributed by atoms with Gasteiger partial charge in [-0.3, -0.25) is 0 Å². The number of benzene rings is 1. The molecule has 0 saturated carbocycles. The molecule has 0 spiro atoms. The van der Waals surface area contributed by atoms with Crippen LogP contribution in [0.5, 0.6) is 17.4 Å². The van der Waals surface area contributed by atoms with Crippen LogP contribution in [0.2, 0.25) is 5.02 Å². The molecule has 0 aliphatic carbocycles. The van der Waals surface area contributed by atoms with Crippen LogP contribution in [0.4, 0.5) is 0 Å². The van der Waals surface area contributed by atoms with Crippen LogP contribution in [0.15, 0.2) is 34.9 Å². The largest absolute Gasteiger partial charge is 0.493 e. The van der Waals surface area contributed by atoms with Crippen LogP contribution in [0.1, 0.15) is 5.56 Å². The van der Waals surface area contributed by atoms with Crippen LogP contribution in [0.3, 0.4) is 0 Å². The molecule has 0 atom stereocenters. The van der Waals surface area contributed by atoms with Crippen molar-refractivity contribution in [2.45, 2.75) is 6.54 Å². The summed E-state index contributed by atoms with van der Waals surface area (Å²) in [6.07, 6.45) is 1.61. The number of nitrogens with two attached hydrogens (primary N) is 1. The molecule has 0 unspecified atom stereocenters. The average Bonchev–Trinajstić information content (AvgIpc) is 2.42. The molecule has 1 aromatic carbocycles. The lowest BCUT2D eigenvalue weighted by atomic mass is 10.2. The Morgan fingerprint density at radius 1 is 1.32 bits per heavy atom. The Morgan fingerprint density at radius 2 is 2.11 bits per heavy atom. The zero-order chi connectivity index (χ0) is 13.8. The first-order valence-corrected chi connectivity index (χ1v) is 6.67. The molecule has 2 N–H and O–H groups in total. The van der Waals surface area contributed by atoms with Crippen molar-refractivity contribution < 1.29 is 9.47 Å². The quantitative estimate of drug-likeness (QED) is 0.918. The lowest BCUT2D eigenvalue weighted by molar-refractivity contribution is 0.373. The van der Waals surface area contributed by atoms with Crippen molar-refractivity contribution in [1.82, 2.24) is 4.98 Å². The summed E-state index contributed by atoms with van der Waals surface area (Å²) >= 11 is 9.34. The first-order chi connectivity index (χ1) is 9.13. The van der Waals surface area contributed by atoms with Gasteiger partial charge < -0.3 is 15.2 Å². The highest BCUT2D eigenvalue weighted by Crippen LogP contribution is 2.35. The summed E-state index contributed by atoms with van der Waals surface area (Å²) in [5, 5.41) is 0.416. The number of pyridine rings is 1. The summed E-state index contributed by atoms with van der Waals surface area (Å²) in [6, 6.07) is 7.18. The minimum absolute atomic E-state index is 0.323. The second-order valence-corrected chi connectivity index (χ2v) is 5.05. The van der Waals surface area contributed by atoms with Gasteiger partial charge in [-0.25, -0.2) is 4.98 Å². The van der Waals surface area contributed by atoms with E-state index >= 15 is 0 Å². The van der Waals surface area contributed by atoms with Crippen molar-refractivity contribution in [3.8, 4) is 17.4 Å². The van der Waals surface area contributed by atoms with Crippen LogP contribution < -0.4 is 15.2 Å². The van der Waals surface area contributed by atoms with E-state index in [2.05, 4.69) is 20.9 Å². The predicted molar refractivity (Wildman–Crippen MR) is 77.9 cm³/mol. The molecule has 6 heteroatoms. The Morgan fingerprint density at radius 3 is 2.74 bits per heavy atom. The smallest absolute Gasteiger partial charge is 0.238 e. The number of methoxy groups -OCH3 is 1. The molecule has 0 saturated heterocycles. The molecule has 19 heavy (non-hydrogen) atoms. The third-order valence-electron chi connectivity index (χ3n) is 2.44. The maximum absolute atomic E-state index is 6.06. The van der Waals surface area contributed by atoms with Gasteiger partial charge in [0.25, 0.3) is 0 Å². The van der Waals surface area contributed by atoms with Gasteiger partial charge in [-0.2, -0.15) is 0 Å². The summed E-state index contributed by atoms with van der Waals surface area (Å²) in [5.74, 6) is 1.45. The highest BCUT2D eigenvalue weighted by molar-refractivity contribution is 9.10. The monoisotopic (exact) mass is 342 g/mol. The van der Waals surface area contributed by atoms with E-state index in [1.165, 1.54) is 0 Å². The summed E-state index contributed by atoms with van der Waals surface area (Å²) in [5.41, 5.74) is 6.54. The predicted octanol–water partition coefficient (Wildman–Crippen LogP) is 3.76. The minimum atomic E-state index is 0.323. The van der Waals surface area contributed by atoms with E-state index in [0.717, 1.165) is 10.0 Å². The fourth-order valence-electron chi connectivity index (χ4n) is 1.50. The van der Waals surface area contributed by atoms with Crippen molar-refractivity contribution in [1.29, 1.82) is 0 Å². The van der Waals surface area contributed by atoms with Gasteiger partial charge in [-0.05, 0) is 39.7 Å². The lowest BCUT2D eigenvalue weighted by Gasteiger charge is -2.11. The SMILES string of the molecule is COc1cc(CN)ccc1Oc1ncc(Br)cc1Cl. The van der Waals surface area contributed by atoms with Gasteiger partial charge >= 0.3 is 0 Å². The van der Waals surface area contributed by atoms with Crippen LogP contribution >= 0.6 is 27.5 Å². The molecule has 0 amide bonds. The first-order valence-electron chi connectivity index (χ1n) is 5.50. The summed E-state index contributed by atoms with van der Waals surface area (Å²) in [4.78, 5) is 4.11. The number of hydrogen-bond acceptors (Lipinski definition) is 4. The highest BCUT2D eigenvalue weighted by Gasteiger charge is 2.10. The van der Waals surface area contributed by atoms with Gasteiger partial charge in [0.15, 0.2) is 11.5 Å². The number of hydrogen-bond donors (Lipinski definition) is 1. The first kappa shape index (κ1) is 14.1. The molecule has 2 rings (SSSR count). The maximum atomic E-state index is 6.06. The lowest BCUT2D eigenvalue weighted by Crippen LogP contribution is -1.98. The van der Waals surface area contributed by atoms with Crippen molar-refractivity contribution in [3.63, 3.8) is 0 Å². The topological polar surface area (TPSA) is 57.4 Å². The van der Waals surface area contributed by atoms with Crippen LogP contribution in [-0.2, 0) is 6.54 Å². The molecular weight excluding hydrogens is 332 g/mol. The third kappa shape index (κ3) is 3.37. The van der Waals surface area contributed by atoms with E-state index in [1.807, 2.05) is 12.1 Å². The number of rotatable bonds is 4. The summed E-state index contributed by atoms with van der Waals surface area (Å²) in [6.45, 7) is 0.438. The van der Waals surface area contributed by atoms with Gasteiger partial charge in [0.1, 0.15) is 5.02 Å². The molecule has 0 bridgehead atoms. The van der Waals surface area contributed by atoms with E-state index in [1.54, 1.807) is 25.4 Å². The van der Waals surface area contributed by atoms with E-state index in [4.69, 9.17) is 26.8 Å². The molecule has 0 aliphatic heterocycles. The van der Waals surface area contributed by atoms with Crippen LogP contribution in [0, 0.1) is 0 Å². The highest BCUT2D eigenvalue weighted by atomic mass is 79.9. The number of halogens is 2. The van der Waals surface area contributed by atoms with Crippen LogP contribution in [0.25, 0.3) is 0 Å². The van der Waals surface area contributed by atoms with Gasteiger partial charge in [-0.1, -0.05) is 17.7 Å². The van der Waals surface area contributed by atoms with E-state index < -0.39 is 0 Å². The van der Waals surface area contributed by atoms with E-state index in [9.17, 15) is 0 Å². The molecule has 1 heterocycles. The Labute approximate surface area is 124 Å². The maximum Gasteiger partial charge on any atom is 0.238 e. The van der Waals surface area contributed by atoms with Crippen molar-refractivity contribution in [2.75, 3.05) is 7.11 Å². The second-order valence-electron chi connectivity index (χ2n) is 3.73. The average molecular weight is 344 g/mol. The van der Waals surface area contributed by atoms with E-state index in [-0.39, 0.29) is 0 Å². The van der Waals surface area contributed by atoms with E-state index in [0.29, 0.717) is 28.9 Å². The van der Waals surface area contributed by atoms with Crippen molar-refractivity contribution in [2.24, 2.45) is 5.73 Å². The Bertz CT molecular complexity index is 593. The number of ether oxygens (including phenoxy) is 2. The third-order valence-corrected chi connectivity index (χ3v) is 3.15. The van der Waals surface area contributed by atoms with Gasteiger partial charge in [-0.15, -0.1) is 0 Å². The van der Waals surface area contributed by atoms with Gasteiger partial charge in [0.2, 0.25) is 5.88 Å². The fourth-order valence-corrected chi connectivity index (χ4v) is 2.17. The van der Waals surface area contributed by atoms with Gasteiger partial charge in [0.05, 0.1) is 7.11 Å². The molecule has 0 radical (unpaired) electrons. The minimum Gasteiger partial charge on any atom is -0.493 e. The van der Waals surface area contributed by atoms with Crippen molar-refractivity contribution in [3.05, 3.63) is 45.5 Å². The molecule has 1 aromatic heterocycles. The second kappa shape index (κ2) is 6.23. The Kier molecular flexibility index (Phi) is 4.63. The zero-order valence-corrected chi connectivity index (χ0v) is 12.5. The standard InChI is InChI=1S/C13H12BrClN2O2/c1-18-12-4-8(6-16)2-3-11(12)19-13-10(15)5-9(14)7-17-13/h2-5,7H,6,16H2,1H3. The van der Waals surface area contributed by atoms with Crippen LogP contribution in [-0.4, -0.2) is 12.1 Å². The number of nitrogens with zero attached hydrogens (tertiary/aromatic N) is 1. The summed E-state index contributed by atoms with van der Waals surface area (Å²) in [7, 11) is 1.57. The molecule has 0 aliphatic rings. The van der Waals surface area contributed by atoms with Gasteiger partial charge in [0, 0.05) is 17.2 Å². The zero-order valence-electron chi connectivity index (χ0n) is 10.2. The fraction of sp³-hybridized carbons (Fsp3) is 0.154. The molecule has 4 nitrogen and oxygen atoms in total.